The van der Waals surface area contributed by atoms with E-state index in [4.69, 9.17) is 9.84 Å². The highest BCUT2D eigenvalue weighted by molar-refractivity contribution is 5.85. The summed E-state index contributed by atoms with van der Waals surface area (Å²) < 4.78 is 5.87. The number of amides is 2. The molecule has 1 aliphatic rings. The van der Waals surface area contributed by atoms with Crippen LogP contribution in [0.15, 0.2) is 24.3 Å². The van der Waals surface area contributed by atoms with Gasteiger partial charge in [0.1, 0.15) is 12.3 Å². The molecule has 28 heavy (non-hydrogen) atoms. The summed E-state index contributed by atoms with van der Waals surface area (Å²) in [7, 11) is 0. The van der Waals surface area contributed by atoms with Crippen molar-refractivity contribution >= 4 is 30.2 Å². The first-order valence-electron chi connectivity index (χ1n) is 9.15. The molecule has 8 nitrogen and oxygen atoms in total. The fourth-order valence-corrected chi connectivity index (χ4v) is 2.97. The van der Waals surface area contributed by atoms with Crippen molar-refractivity contribution < 1.29 is 24.2 Å². The van der Waals surface area contributed by atoms with Crippen molar-refractivity contribution in [3.8, 4) is 5.75 Å². The van der Waals surface area contributed by atoms with Crippen LogP contribution in [0.1, 0.15) is 19.4 Å². The number of carbonyl (C=O) groups is 3. The highest BCUT2D eigenvalue weighted by Gasteiger charge is 2.27. The van der Waals surface area contributed by atoms with Crippen LogP contribution in [0.2, 0.25) is 0 Å². The quantitative estimate of drug-likeness (QED) is 0.653. The molecule has 156 valence electrons. The molecular weight excluding hydrogens is 386 g/mol. The van der Waals surface area contributed by atoms with Gasteiger partial charge in [0.15, 0.2) is 6.10 Å². The Morgan fingerprint density at radius 3 is 2.43 bits per heavy atom. The number of rotatable bonds is 8. The lowest BCUT2D eigenvalue weighted by Gasteiger charge is -2.35. The fourth-order valence-electron chi connectivity index (χ4n) is 2.97. The van der Waals surface area contributed by atoms with Crippen molar-refractivity contribution in [2.24, 2.45) is 0 Å². The summed E-state index contributed by atoms with van der Waals surface area (Å²) in [5.74, 6) is -0.743. The number of carboxylic acid groups (broad SMARTS) is 1. The zero-order valence-electron chi connectivity index (χ0n) is 16.2. The van der Waals surface area contributed by atoms with Crippen molar-refractivity contribution in [1.82, 2.24) is 15.1 Å². The summed E-state index contributed by atoms with van der Waals surface area (Å²) in [5.41, 5.74) is 1.06. The van der Waals surface area contributed by atoms with Crippen LogP contribution in [-0.4, -0.2) is 78.1 Å². The second-order valence-electron chi connectivity index (χ2n) is 6.49. The Morgan fingerprint density at radius 1 is 1.18 bits per heavy atom. The fraction of sp³-hybridized carbons (Fsp3) is 0.526. The molecule has 0 aliphatic carbocycles. The number of ether oxygens (including phenoxy) is 1. The number of piperazine rings is 1. The molecule has 1 saturated heterocycles. The first-order chi connectivity index (χ1) is 12.9. The maximum atomic E-state index is 12.6. The number of para-hydroxylation sites is 1. The number of halogens is 1. The zero-order chi connectivity index (χ0) is 19.8. The van der Waals surface area contributed by atoms with Crippen LogP contribution < -0.4 is 10.1 Å². The van der Waals surface area contributed by atoms with Gasteiger partial charge in [-0.15, -0.1) is 12.4 Å². The Kier molecular flexibility index (Phi) is 9.75. The third kappa shape index (κ3) is 7.01. The first-order valence-corrected chi connectivity index (χ1v) is 9.15. The van der Waals surface area contributed by atoms with E-state index in [9.17, 15) is 14.4 Å². The van der Waals surface area contributed by atoms with Crippen LogP contribution in [0.4, 0.5) is 0 Å². The maximum Gasteiger partial charge on any atom is 0.322 e. The molecule has 2 rings (SSSR count). The summed E-state index contributed by atoms with van der Waals surface area (Å²) in [6.45, 7) is 5.68. The van der Waals surface area contributed by atoms with Crippen LogP contribution in [0, 0.1) is 0 Å². The van der Waals surface area contributed by atoms with Gasteiger partial charge in [0.25, 0.3) is 5.91 Å². The highest BCUT2D eigenvalue weighted by Crippen LogP contribution is 2.20. The molecule has 0 saturated carbocycles. The molecule has 1 unspecified atom stereocenters. The molecule has 0 spiro atoms. The van der Waals surface area contributed by atoms with Crippen molar-refractivity contribution in [3.63, 3.8) is 0 Å². The Bertz CT molecular complexity index is 677. The Morgan fingerprint density at radius 2 is 1.82 bits per heavy atom. The summed E-state index contributed by atoms with van der Waals surface area (Å²) >= 11 is 0. The molecule has 0 radical (unpaired) electrons. The van der Waals surface area contributed by atoms with Gasteiger partial charge in [0.2, 0.25) is 5.91 Å². The Labute approximate surface area is 171 Å². The second kappa shape index (κ2) is 11.5. The monoisotopic (exact) mass is 413 g/mol. The van der Waals surface area contributed by atoms with Crippen LogP contribution in [0.5, 0.6) is 5.75 Å². The van der Waals surface area contributed by atoms with Crippen LogP contribution in [0.25, 0.3) is 0 Å². The normalized spacial score (nSPS) is 15.3. The topological polar surface area (TPSA) is 99.2 Å². The van der Waals surface area contributed by atoms with Gasteiger partial charge >= 0.3 is 5.97 Å². The molecule has 9 heteroatoms. The van der Waals surface area contributed by atoms with E-state index < -0.39 is 12.1 Å². The summed E-state index contributed by atoms with van der Waals surface area (Å²) in [4.78, 5) is 38.4. The number of carboxylic acids is 1. The molecule has 1 heterocycles. The zero-order valence-corrected chi connectivity index (χ0v) is 17.0. The standard InChI is InChI=1S/C19H27N3O5.ClH/c1-3-15-6-4-5-7-16(15)27-14(2)19(26)22-10-8-21(9-11-22)13-17(23)20-12-18(24)25;/h4-7,14H,3,8-13H2,1-2H3,(H,20,23)(H,24,25);1H. The van der Waals surface area contributed by atoms with Crippen LogP contribution in [0.3, 0.4) is 0 Å². The average molecular weight is 414 g/mol. The molecule has 1 aromatic rings. The van der Waals surface area contributed by atoms with Gasteiger partial charge in [0.05, 0.1) is 6.54 Å². The lowest BCUT2D eigenvalue weighted by atomic mass is 10.1. The lowest BCUT2D eigenvalue weighted by Crippen LogP contribution is -2.53. The van der Waals surface area contributed by atoms with Crippen molar-refractivity contribution in [2.45, 2.75) is 26.4 Å². The molecule has 1 aliphatic heterocycles. The van der Waals surface area contributed by atoms with E-state index in [1.54, 1.807) is 11.8 Å². The van der Waals surface area contributed by atoms with Gasteiger partial charge in [-0.05, 0) is 25.0 Å². The summed E-state index contributed by atoms with van der Waals surface area (Å²) in [5, 5.41) is 10.9. The first kappa shape index (κ1) is 23.7. The molecule has 2 amide bonds. The number of nitrogens with one attached hydrogen (secondary N) is 1. The largest absolute Gasteiger partial charge is 0.481 e. The van der Waals surface area contributed by atoms with Crippen molar-refractivity contribution in [1.29, 1.82) is 0 Å². The van der Waals surface area contributed by atoms with Gasteiger partial charge < -0.3 is 20.1 Å². The van der Waals surface area contributed by atoms with E-state index >= 15 is 0 Å². The van der Waals surface area contributed by atoms with Crippen LogP contribution >= 0.6 is 12.4 Å². The second-order valence-corrected chi connectivity index (χ2v) is 6.49. The third-order valence-corrected chi connectivity index (χ3v) is 4.49. The van der Waals surface area contributed by atoms with E-state index in [2.05, 4.69) is 5.32 Å². The number of hydrogen-bond donors (Lipinski definition) is 2. The van der Waals surface area contributed by atoms with E-state index in [1.807, 2.05) is 36.1 Å². The number of aryl methyl sites for hydroxylation is 1. The summed E-state index contributed by atoms with van der Waals surface area (Å²) in [6, 6.07) is 7.70. The molecule has 0 bridgehead atoms. The minimum atomic E-state index is -1.07. The molecule has 2 N–H and O–H groups in total. The number of nitrogens with zero attached hydrogens (tertiary/aromatic N) is 2. The molecular formula is C19H28ClN3O5. The van der Waals surface area contributed by atoms with Crippen molar-refractivity contribution in [2.75, 3.05) is 39.3 Å². The predicted molar refractivity (Wildman–Crippen MR) is 107 cm³/mol. The van der Waals surface area contributed by atoms with Gasteiger partial charge in [-0.1, -0.05) is 25.1 Å². The number of aliphatic carboxylic acids is 1. The molecule has 1 fully saturated rings. The molecule has 1 atom stereocenters. The molecule has 0 aromatic heterocycles. The van der Waals surface area contributed by atoms with Gasteiger partial charge in [-0.25, -0.2) is 0 Å². The van der Waals surface area contributed by atoms with Gasteiger partial charge in [0, 0.05) is 26.2 Å². The van der Waals surface area contributed by atoms with E-state index in [0.717, 1.165) is 17.7 Å². The van der Waals surface area contributed by atoms with E-state index in [1.165, 1.54) is 0 Å². The lowest BCUT2D eigenvalue weighted by molar-refractivity contribution is -0.140. The minimum Gasteiger partial charge on any atom is -0.481 e. The maximum absolute atomic E-state index is 12.6. The third-order valence-electron chi connectivity index (χ3n) is 4.49. The number of carbonyl (C=O) groups excluding carboxylic acids is 2. The van der Waals surface area contributed by atoms with Gasteiger partial charge in [-0.3, -0.25) is 19.3 Å². The Balaban J connectivity index is 0.00000392. The highest BCUT2D eigenvalue weighted by atomic mass is 35.5. The number of benzene rings is 1. The Hall–Kier alpha value is -2.32. The van der Waals surface area contributed by atoms with Crippen LogP contribution in [-0.2, 0) is 20.8 Å². The number of hydrogen-bond acceptors (Lipinski definition) is 5. The SMILES string of the molecule is CCc1ccccc1OC(C)C(=O)N1CCN(CC(=O)NCC(=O)O)CC1.Cl. The summed E-state index contributed by atoms with van der Waals surface area (Å²) in [6.07, 6.45) is 0.253. The van der Waals surface area contributed by atoms with Crippen molar-refractivity contribution in [3.05, 3.63) is 29.8 Å². The minimum absolute atomic E-state index is 0. The average Bonchev–Trinajstić information content (AvgIpc) is 2.66. The molecule has 1 aromatic carbocycles. The van der Waals surface area contributed by atoms with Gasteiger partial charge in [-0.2, -0.15) is 0 Å². The van der Waals surface area contributed by atoms with E-state index in [0.29, 0.717) is 26.2 Å². The van der Waals surface area contributed by atoms with E-state index in [-0.39, 0.29) is 37.3 Å². The predicted octanol–water partition coefficient (Wildman–Crippen LogP) is 0.783. The smallest absolute Gasteiger partial charge is 0.322 e.